The maximum absolute atomic E-state index is 2.87. The van der Waals surface area contributed by atoms with E-state index in [1.54, 1.807) is 0 Å². The second kappa shape index (κ2) is 12.4. The van der Waals surface area contributed by atoms with Crippen LogP contribution in [0.1, 0.15) is 22.3 Å². The Hall–Kier alpha value is -5.87. The first-order valence-electron chi connectivity index (χ1n) is 17.9. The van der Waals surface area contributed by atoms with Gasteiger partial charge in [0.05, 0.1) is 5.41 Å². The minimum Gasteiger partial charge on any atom is -0.310 e. The number of nitrogens with zero attached hydrogens (tertiary/aromatic N) is 1. The maximum Gasteiger partial charge on any atom is 0.180 e. The molecule has 0 radical (unpaired) electrons. The van der Waals surface area contributed by atoms with E-state index in [2.05, 4.69) is 217 Å². The minimum absolute atomic E-state index is 0.542. The zero-order chi connectivity index (χ0) is 34.5. The van der Waals surface area contributed by atoms with Gasteiger partial charge in [-0.3, -0.25) is 0 Å². The SMILES string of the molecule is c1ccc(N(c2ccccc2)c2ccc3c(c2)C2(c4ccccc4Sc4ccccc42)c2ccccc2[Si]3(c2ccccc2)c2ccccc2)cc1. The Morgan fingerprint density at radius 2 is 0.769 bits per heavy atom. The summed E-state index contributed by atoms with van der Waals surface area (Å²) in [6.45, 7) is 0. The average Bonchev–Trinajstić information content (AvgIpc) is 3.22. The van der Waals surface area contributed by atoms with Gasteiger partial charge in [-0.2, -0.15) is 0 Å². The second-order valence-electron chi connectivity index (χ2n) is 13.6. The van der Waals surface area contributed by atoms with Crippen LogP contribution in [0.25, 0.3) is 0 Å². The van der Waals surface area contributed by atoms with Gasteiger partial charge < -0.3 is 4.90 Å². The molecule has 2 aliphatic rings. The highest BCUT2D eigenvalue weighted by Gasteiger charge is 2.57. The number of hydrogen-bond acceptors (Lipinski definition) is 2. The van der Waals surface area contributed by atoms with Gasteiger partial charge in [0.15, 0.2) is 8.07 Å². The molecule has 8 aromatic rings. The first kappa shape index (κ1) is 30.9. The van der Waals surface area contributed by atoms with E-state index in [9.17, 15) is 0 Å². The summed E-state index contributed by atoms with van der Waals surface area (Å²) in [4.78, 5) is 5.03. The summed E-state index contributed by atoms with van der Waals surface area (Å²) in [6.07, 6.45) is 0. The predicted molar refractivity (Wildman–Crippen MR) is 221 cm³/mol. The zero-order valence-electron chi connectivity index (χ0n) is 28.6. The Kier molecular flexibility index (Phi) is 7.38. The van der Waals surface area contributed by atoms with Gasteiger partial charge in [-0.05, 0) is 91.5 Å². The van der Waals surface area contributed by atoms with Crippen LogP contribution in [0.4, 0.5) is 17.1 Å². The summed E-state index contributed by atoms with van der Waals surface area (Å²) in [7, 11) is -2.87. The van der Waals surface area contributed by atoms with Crippen LogP contribution in [-0.2, 0) is 5.41 Å². The molecule has 0 saturated carbocycles. The monoisotopic (exact) mass is 697 g/mol. The lowest BCUT2D eigenvalue weighted by Crippen LogP contribution is -2.79. The van der Waals surface area contributed by atoms with E-state index in [1.165, 1.54) is 52.8 Å². The summed E-state index contributed by atoms with van der Waals surface area (Å²) < 4.78 is 0. The summed E-state index contributed by atoms with van der Waals surface area (Å²) in [5.74, 6) is 0. The number of rotatable bonds is 5. The lowest BCUT2D eigenvalue weighted by Gasteiger charge is -2.52. The van der Waals surface area contributed by atoms with Crippen LogP contribution < -0.4 is 25.6 Å². The molecule has 0 aliphatic carbocycles. The van der Waals surface area contributed by atoms with Crippen LogP contribution in [-0.4, -0.2) is 8.07 Å². The Bertz CT molecular complexity index is 2430. The van der Waals surface area contributed by atoms with Crippen molar-refractivity contribution >= 4 is 57.6 Å². The van der Waals surface area contributed by atoms with E-state index in [0.717, 1.165) is 17.1 Å². The molecule has 0 amide bonds. The quantitative estimate of drug-likeness (QED) is 0.165. The van der Waals surface area contributed by atoms with Crippen molar-refractivity contribution in [1.82, 2.24) is 0 Å². The molecule has 52 heavy (non-hydrogen) atoms. The molecule has 2 aliphatic heterocycles. The van der Waals surface area contributed by atoms with E-state index in [4.69, 9.17) is 0 Å². The topological polar surface area (TPSA) is 3.24 Å². The van der Waals surface area contributed by atoms with Crippen LogP contribution in [0, 0.1) is 0 Å². The van der Waals surface area contributed by atoms with Crippen molar-refractivity contribution in [3.8, 4) is 0 Å². The molecule has 0 N–H and O–H groups in total. The zero-order valence-corrected chi connectivity index (χ0v) is 30.4. The van der Waals surface area contributed by atoms with Gasteiger partial charge in [0.2, 0.25) is 0 Å². The summed E-state index contributed by atoms with van der Waals surface area (Å²) in [5, 5.41) is 5.68. The third-order valence-electron chi connectivity index (χ3n) is 11.0. The van der Waals surface area contributed by atoms with Crippen LogP contribution in [0.3, 0.4) is 0 Å². The molecule has 0 aromatic heterocycles. The van der Waals surface area contributed by atoms with Crippen molar-refractivity contribution in [3.05, 3.63) is 235 Å². The smallest absolute Gasteiger partial charge is 0.180 e. The number of benzene rings is 8. The maximum atomic E-state index is 2.54. The van der Waals surface area contributed by atoms with E-state index < -0.39 is 13.5 Å². The molecular formula is C49H35NSSi. The van der Waals surface area contributed by atoms with Crippen LogP contribution in [0.2, 0.25) is 0 Å². The average molecular weight is 698 g/mol. The molecule has 0 saturated heterocycles. The van der Waals surface area contributed by atoms with Gasteiger partial charge in [-0.25, -0.2) is 0 Å². The van der Waals surface area contributed by atoms with Crippen molar-refractivity contribution in [2.24, 2.45) is 0 Å². The van der Waals surface area contributed by atoms with Crippen molar-refractivity contribution in [1.29, 1.82) is 0 Å². The number of para-hydroxylation sites is 2. The molecule has 10 rings (SSSR count). The fraction of sp³-hybridized carbons (Fsp3) is 0.0204. The number of fused-ring (bicyclic) bond motifs is 8. The Balaban J connectivity index is 1.41. The summed E-state index contributed by atoms with van der Waals surface area (Å²) >= 11 is 1.90. The van der Waals surface area contributed by atoms with Gasteiger partial charge in [0, 0.05) is 26.9 Å². The van der Waals surface area contributed by atoms with Gasteiger partial charge in [-0.15, -0.1) is 0 Å². The minimum atomic E-state index is -2.87. The largest absolute Gasteiger partial charge is 0.310 e. The molecular weight excluding hydrogens is 663 g/mol. The van der Waals surface area contributed by atoms with Gasteiger partial charge in [0.1, 0.15) is 0 Å². The lowest BCUT2D eigenvalue weighted by atomic mass is 9.64. The molecule has 0 unspecified atom stereocenters. The molecule has 0 fully saturated rings. The fourth-order valence-electron chi connectivity index (χ4n) is 9.08. The first-order chi connectivity index (χ1) is 25.8. The van der Waals surface area contributed by atoms with Crippen LogP contribution >= 0.6 is 11.8 Å². The fourth-order valence-corrected chi connectivity index (χ4v) is 15.5. The predicted octanol–water partition coefficient (Wildman–Crippen LogP) is 9.69. The highest BCUT2D eigenvalue weighted by atomic mass is 32.2. The third-order valence-corrected chi connectivity index (χ3v) is 17.1. The first-order valence-corrected chi connectivity index (χ1v) is 20.8. The van der Waals surface area contributed by atoms with Gasteiger partial charge in [0.25, 0.3) is 0 Å². The van der Waals surface area contributed by atoms with Crippen molar-refractivity contribution < 1.29 is 0 Å². The summed E-state index contributed by atoms with van der Waals surface area (Å²) in [5.41, 5.74) is 8.30. The second-order valence-corrected chi connectivity index (χ2v) is 18.4. The number of anilines is 3. The third kappa shape index (κ3) is 4.43. The van der Waals surface area contributed by atoms with Crippen LogP contribution in [0.15, 0.2) is 222 Å². The molecule has 8 aromatic carbocycles. The Morgan fingerprint density at radius 1 is 0.346 bits per heavy atom. The molecule has 1 spiro atoms. The molecule has 0 atom stereocenters. The van der Waals surface area contributed by atoms with Crippen LogP contribution in [0.5, 0.6) is 0 Å². The Labute approximate surface area is 310 Å². The van der Waals surface area contributed by atoms with E-state index in [-0.39, 0.29) is 0 Å². The highest BCUT2D eigenvalue weighted by Crippen LogP contribution is 2.57. The highest BCUT2D eigenvalue weighted by molar-refractivity contribution is 7.99. The lowest BCUT2D eigenvalue weighted by molar-refractivity contribution is 0.707. The molecule has 0 bridgehead atoms. The standard InChI is InChI=1S/C49H35NSSi/c1-5-19-36(20-6-1)50(37-21-7-2-8-22-37)38-33-34-48-44(35-38)49(41-27-13-16-30-45(41)51-46-31-17-14-28-42(46)49)43-29-15-18-32-47(43)52(48,39-23-9-3-10-24-39)40-25-11-4-12-26-40/h1-35H. The van der Waals surface area contributed by atoms with E-state index in [1.807, 2.05) is 11.8 Å². The van der Waals surface area contributed by atoms with E-state index in [0.29, 0.717) is 0 Å². The van der Waals surface area contributed by atoms with Gasteiger partial charge in [-0.1, -0.05) is 176 Å². The number of hydrogen-bond donors (Lipinski definition) is 0. The normalized spacial score (nSPS) is 14.4. The molecule has 1 nitrogen and oxygen atoms in total. The molecule has 3 heteroatoms. The molecule has 2 heterocycles. The van der Waals surface area contributed by atoms with Crippen molar-refractivity contribution in [3.63, 3.8) is 0 Å². The summed E-state index contributed by atoms with van der Waals surface area (Å²) in [6, 6.07) is 79.4. The van der Waals surface area contributed by atoms with E-state index >= 15 is 0 Å². The van der Waals surface area contributed by atoms with Crippen molar-refractivity contribution in [2.45, 2.75) is 15.2 Å². The molecule has 246 valence electrons. The van der Waals surface area contributed by atoms with Gasteiger partial charge >= 0.3 is 0 Å². The van der Waals surface area contributed by atoms with Crippen molar-refractivity contribution in [2.75, 3.05) is 4.90 Å². The Morgan fingerprint density at radius 3 is 1.31 bits per heavy atom.